The van der Waals surface area contributed by atoms with E-state index < -0.39 is 50.1 Å². The topological polar surface area (TPSA) is 84.9 Å². The molecule has 1 aromatic rings. The maximum Gasteiger partial charge on any atom is 0.410 e. The first-order chi connectivity index (χ1) is 14.7. The van der Waals surface area contributed by atoms with Crippen LogP contribution < -0.4 is 5.32 Å². The standard InChI is InChI=1S/C20H27F5N2O5S/c1-6-20(11-27(12-20)18(30)32-19(2,3)4)15(17(29)31-5)26-16(28)13-7-9-14(10-8-13)33(21,22,23,24)25/h7-10,15H,6,11-12H2,1-5H3,(H,26,28)/t15-/m1/s1. The molecule has 0 saturated carbocycles. The molecule has 188 valence electrons. The van der Waals surface area contributed by atoms with E-state index in [1.54, 1.807) is 27.7 Å². The van der Waals surface area contributed by atoms with Crippen molar-refractivity contribution in [2.24, 2.45) is 5.41 Å². The Balaban J connectivity index is 2.22. The van der Waals surface area contributed by atoms with Crippen molar-refractivity contribution in [2.75, 3.05) is 20.2 Å². The summed E-state index contributed by atoms with van der Waals surface area (Å²) in [6.45, 7) is 6.92. The number of hydrogen-bond donors (Lipinski definition) is 1. The molecule has 0 aromatic heterocycles. The highest BCUT2D eigenvalue weighted by Crippen LogP contribution is 3.02. The molecule has 2 amide bonds. The lowest BCUT2D eigenvalue weighted by atomic mass is 9.71. The molecule has 0 spiro atoms. The van der Waals surface area contributed by atoms with E-state index in [-0.39, 0.29) is 30.8 Å². The highest BCUT2D eigenvalue weighted by atomic mass is 32.5. The Morgan fingerprint density at radius 2 is 1.61 bits per heavy atom. The van der Waals surface area contributed by atoms with E-state index >= 15 is 0 Å². The van der Waals surface area contributed by atoms with Gasteiger partial charge in [-0.15, -0.1) is 0 Å². The van der Waals surface area contributed by atoms with E-state index in [9.17, 15) is 33.8 Å². The first-order valence-corrected chi connectivity index (χ1v) is 11.9. The minimum atomic E-state index is -9.88. The summed E-state index contributed by atoms with van der Waals surface area (Å²) in [6.07, 6.45) is -0.261. The third-order valence-electron chi connectivity index (χ3n) is 5.25. The van der Waals surface area contributed by atoms with Gasteiger partial charge in [0.1, 0.15) is 16.5 Å². The Bertz CT molecular complexity index is 939. The number of carbonyl (C=O) groups is 3. The molecule has 0 bridgehead atoms. The van der Waals surface area contributed by atoms with Crippen LogP contribution >= 0.6 is 10.2 Å². The number of nitrogens with one attached hydrogen (secondary N) is 1. The van der Waals surface area contributed by atoms with Crippen molar-refractivity contribution in [1.29, 1.82) is 0 Å². The van der Waals surface area contributed by atoms with E-state index in [0.29, 0.717) is 18.6 Å². The van der Waals surface area contributed by atoms with Crippen molar-refractivity contribution in [1.82, 2.24) is 10.2 Å². The lowest BCUT2D eigenvalue weighted by molar-refractivity contribution is -0.151. The Morgan fingerprint density at radius 3 is 2.00 bits per heavy atom. The second-order valence-electron chi connectivity index (χ2n) is 8.98. The summed E-state index contributed by atoms with van der Waals surface area (Å²) in [5.74, 6) is -1.78. The Labute approximate surface area is 188 Å². The molecule has 7 nitrogen and oxygen atoms in total. The van der Waals surface area contributed by atoms with Gasteiger partial charge in [-0.05, 0) is 51.5 Å². The number of likely N-dealkylation sites (tertiary alicyclic amines) is 1. The molecule has 1 saturated heterocycles. The number of nitrogens with zero attached hydrogens (tertiary/aromatic N) is 1. The van der Waals surface area contributed by atoms with Crippen molar-refractivity contribution < 1.29 is 43.3 Å². The van der Waals surface area contributed by atoms with Gasteiger partial charge in [-0.2, -0.15) is 0 Å². The van der Waals surface area contributed by atoms with E-state index in [1.165, 1.54) is 4.90 Å². The van der Waals surface area contributed by atoms with Gasteiger partial charge < -0.3 is 19.7 Å². The molecule has 1 aromatic carbocycles. The zero-order chi connectivity index (χ0) is 25.5. The minimum absolute atomic E-state index is 0.0572. The number of benzene rings is 1. The van der Waals surface area contributed by atoms with Crippen molar-refractivity contribution in [2.45, 2.75) is 50.7 Å². The lowest BCUT2D eigenvalue weighted by Crippen LogP contribution is -2.69. The average molecular weight is 503 g/mol. The van der Waals surface area contributed by atoms with E-state index in [0.717, 1.165) is 7.11 Å². The van der Waals surface area contributed by atoms with Gasteiger partial charge in [0.15, 0.2) is 0 Å². The second kappa shape index (κ2) is 7.74. The maximum atomic E-state index is 12.9. The maximum absolute atomic E-state index is 12.9. The Hall–Kier alpha value is -2.57. The zero-order valence-corrected chi connectivity index (χ0v) is 19.6. The molecule has 0 unspecified atom stereocenters. The van der Waals surface area contributed by atoms with Crippen LogP contribution in [0.15, 0.2) is 29.2 Å². The van der Waals surface area contributed by atoms with E-state index in [2.05, 4.69) is 5.32 Å². The minimum Gasteiger partial charge on any atom is -0.467 e. The molecular formula is C20H27F5N2O5S. The third-order valence-corrected chi connectivity index (χ3v) is 6.42. The molecule has 13 heteroatoms. The summed E-state index contributed by atoms with van der Waals surface area (Å²) in [5, 5.41) is 2.41. The number of hydrogen-bond acceptors (Lipinski definition) is 5. The number of carbonyl (C=O) groups excluding carboxylic acids is 3. The number of methoxy groups -OCH3 is 1. The predicted molar refractivity (Wildman–Crippen MR) is 112 cm³/mol. The molecule has 1 N–H and O–H groups in total. The van der Waals surface area contributed by atoms with Crippen LogP contribution in [-0.4, -0.2) is 54.7 Å². The molecule has 1 aliphatic rings. The molecule has 1 aliphatic heterocycles. The molecule has 1 fully saturated rings. The lowest BCUT2D eigenvalue weighted by Gasteiger charge is -2.52. The summed E-state index contributed by atoms with van der Waals surface area (Å²) in [4.78, 5) is 36.5. The Morgan fingerprint density at radius 1 is 1.09 bits per heavy atom. The molecule has 1 heterocycles. The first kappa shape index (κ1) is 26.7. The normalized spacial score (nSPS) is 18.8. The number of amides is 2. The summed E-state index contributed by atoms with van der Waals surface area (Å²) in [6, 6.07) is 0.195. The summed E-state index contributed by atoms with van der Waals surface area (Å²) >= 11 is 0. The molecule has 33 heavy (non-hydrogen) atoms. The van der Waals surface area contributed by atoms with Gasteiger partial charge in [-0.3, -0.25) is 4.79 Å². The molecular weight excluding hydrogens is 475 g/mol. The van der Waals surface area contributed by atoms with Crippen LogP contribution in [0.5, 0.6) is 0 Å². The fraction of sp³-hybridized carbons (Fsp3) is 0.550. The first-order valence-electron chi connectivity index (χ1n) is 9.92. The third kappa shape index (κ3) is 6.27. The fourth-order valence-electron chi connectivity index (χ4n) is 3.44. The van der Waals surface area contributed by atoms with Crippen molar-refractivity contribution in [3.63, 3.8) is 0 Å². The van der Waals surface area contributed by atoms with Crippen molar-refractivity contribution in [3.05, 3.63) is 29.8 Å². The van der Waals surface area contributed by atoms with E-state index in [1.807, 2.05) is 0 Å². The van der Waals surface area contributed by atoms with Gasteiger partial charge in [-0.1, -0.05) is 26.4 Å². The van der Waals surface area contributed by atoms with Gasteiger partial charge in [0.05, 0.1) is 7.11 Å². The monoisotopic (exact) mass is 502 g/mol. The largest absolute Gasteiger partial charge is 0.467 e. The highest BCUT2D eigenvalue weighted by molar-refractivity contribution is 8.45. The number of ether oxygens (including phenoxy) is 2. The van der Waals surface area contributed by atoms with Crippen LogP contribution in [0.1, 0.15) is 44.5 Å². The van der Waals surface area contributed by atoms with Crippen LogP contribution in [0.2, 0.25) is 0 Å². The zero-order valence-electron chi connectivity index (χ0n) is 18.8. The summed E-state index contributed by atoms with van der Waals surface area (Å²) in [5.41, 5.74) is -2.01. The highest BCUT2D eigenvalue weighted by Gasteiger charge is 2.65. The van der Waals surface area contributed by atoms with Gasteiger partial charge in [0, 0.05) is 24.1 Å². The van der Waals surface area contributed by atoms with Gasteiger partial charge in [-0.25, -0.2) is 9.59 Å². The van der Waals surface area contributed by atoms with Gasteiger partial charge >= 0.3 is 22.3 Å². The van der Waals surface area contributed by atoms with Gasteiger partial charge in [0.25, 0.3) is 5.91 Å². The van der Waals surface area contributed by atoms with Crippen molar-refractivity contribution >= 4 is 28.2 Å². The molecule has 2 rings (SSSR count). The average Bonchev–Trinajstić information content (AvgIpc) is 2.62. The van der Waals surface area contributed by atoms with Crippen LogP contribution in [0.3, 0.4) is 0 Å². The van der Waals surface area contributed by atoms with Crippen LogP contribution in [0.25, 0.3) is 0 Å². The second-order valence-corrected chi connectivity index (χ2v) is 11.4. The van der Waals surface area contributed by atoms with E-state index in [4.69, 9.17) is 9.47 Å². The molecule has 1 atom stereocenters. The SMILES string of the molecule is CCC1([C@H](NC(=O)c2ccc(S(F)(F)(F)(F)F)cc2)C(=O)OC)CN(C(=O)OC(C)(C)C)C1. The summed E-state index contributed by atoms with van der Waals surface area (Å²) < 4.78 is 74.5. The number of esters is 1. The number of halogens is 5. The quantitative estimate of drug-likeness (QED) is 0.424. The van der Waals surface area contributed by atoms with Crippen LogP contribution in [-0.2, 0) is 14.3 Å². The molecule has 0 radical (unpaired) electrons. The molecule has 0 aliphatic carbocycles. The van der Waals surface area contributed by atoms with Crippen LogP contribution in [0.4, 0.5) is 24.2 Å². The van der Waals surface area contributed by atoms with Crippen molar-refractivity contribution in [3.8, 4) is 0 Å². The summed E-state index contributed by atoms with van der Waals surface area (Å²) in [7, 11) is -8.79. The smallest absolute Gasteiger partial charge is 0.410 e. The van der Waals surface area contributed by atoms with Gasteiger partial charge in [0.2, 0.25) is 0 Å². The van der Waals surface area contributed by atoms with Crippen LogP contribution in [0, 0.1) is 5.41 Å². The Kier molecular flexibility index (Phi) is 6.26. The fourth-order valence-corrected chi connectivity index (χ4v) is 4.09. The predicted octanol–water partition coefficient (Wildman–Crippen LogP) is 5.26. The number of rotatable bonds is 6.